The zero-order valence-electron chi connectivity index (χ0n) is 15.9. The van der Waals surface area contributed by atoms with Gasteiger partial charge >= 0.3 is 0 Å². The molecule has 28 heavy (non-hydrogen) atoms. The van der Waals surface area contributed by atoms with E-state index in [-0.39, 0.29) is 0 Å². The fourth-order valence-electron chi connectivity index (χ4n) is 3.99. The van der Waals surface area contributed by atoms with Gasteiger partial charge in [0.15, 0.2) is 0 Å². The van der Waals surface area contributed by atoms with E-state index in [2.05, 4.69) is 38.5 Å². The van der Waals surface area contributed by atoms with Crippen LogP contribution >= 0.6 is 11.6 Å². The van der Waals surface area contributed by atoms with Crippen LogP contribution in [0.2, 0.25) is 5.02 Å². The molecule has 2 aromatic carbocycles. The summed E-state index contributed by atoms with van der Waals surface area (Å²) < 4.78 is 2.17. The highest BCUT2D eigenvalue weighted by molar-refractivity contribution is 6.31. The molecule has 1 aliphatic heterocycles. The van der Waals surface area contributed by atoms with Crippen LogP contribution in [0.3, 0.4) is 0 Å². The van der Waals surface area contributed by atoms with E-state index in [0.717, 1.165) is 78.0 Å². The predicted molar refractivity (Wildman–Crippen MR) is 114 cm³/mol. The molecule has 0 atom stereocenters. The van der Waals surface area contributed by atoms with Gasteiger partial charge in [-0.25, -0.2) is 9.97 Å². The number of fused-ring (bicyclic) bond motifs is 2. The number of aromatic amines is 1. The number of hydrogen-bond donors (Lipinski definition) is 1. The Morgan fingerprint density at radius 2 is 1.89 bits per heavy atom. The van der Waals surface area contributed by atoms with E-state index in [1.807, 2.05) is 30.3 Å². The number of imidazole rings is 2. The minimum Gasteiger partial charge on any atom is -0.341 e. The lowest BCUT2D eigenvalue weighted by Gasteiger charge is -2.21. The molecule has 1 fully saturated rings. The van der Waals surface area contributed by atoms with Crippen molar-refractivity contribution in [3.8, 4) is 0 Å². The average molecular weight is 395 g/mol. The standard InChI is InChI=1S/C21H23ClN6/c1-26-19-8-7-15(22)13-18(19)23-20(26)14-27-9-4-10-28(12-11-27)21-24-16-5-2-3-6-17(16)25-21/h2-3,5-8,13H,4,9-12,14H2,1H3,(H,24,25). The fraction of sp³-hybridized carbons (Fsp3) is 0.333. The Morgan fingerprint density at radius 3 is 2.79 bits per heavy atom. The molecular weight excluding hydrogens is 372 g/mol. The van der Waals surface area contributed by atoms with Gasteiger partial charge in [0.25, 0.3) is 0 Å². The first kappa shape index (κ1) is 17.5. The number of halogens is 1. The summed E-state index contributed by atoms with van der Waals surface area (Å²) in [6.07, 6.45) is 1.10. The number of rotatable bonds is 3. The van der Waals surface area contributed by atoms with E-state index in [0.29, 0.717) is 0 Å². The van der Waals surface area contributed by atoms with Crippen molar-refractivity contribution in [2.24, 2.45) is 7.05 Å². The first-order valence-corrected chi connectivity index (χ1v) is 10.1. The van der Waals surface area contributed by atoms with Crippen molar-refractivity contribution in [1.82, 2.24) is 24.4 Å². The average Bonchev–Trinajstić information content (AvgIpc) is 3.15. The van der Waals surface area contributed by atoms with Gasteiger partial charge in [0.2, 0.25) is 5.95 Å². The normalized spacial score (nSPS) is 16.1. The lowest BCUT2D eigenvalue weighted by molar-refractivity contribution is 0.276. The summed E-state index contributed by atoms with van der Waals surface area (Å²) in [7, 11) is 2.08. The molecule has 2 aromatic heterocycles. The van der Waals surface area contributed by atoms with E-state index in [4.69, 9.17) is 21.6 Å². The number of nitrogens with zero attached hydrogens (tertiary/aromatic N) is 5. The van der Waals surface area contributed by atoms with Crippen molar-refractivity contribution < 1.29 is 0 Å². The van der Waals surface area contributed by atoms with Crippen LogP contribution in [-0.2, 0) is 13.6 Å². The second kappa shape index (κ2) is 7.11. The first-order chi connectivity index (χ1) is 13.7. The molecule has 0 spiro atoms. The Balaban J connectivity index is 1.31. The van der Waals surface area contributed by atoms with E-state index >= 15 is 0 Å². The summed E-state index contributed by atoms with van der Waals surface area (Å²) in [4.78, 5) is 17.9. The molecule has 0 aliphatic carbocycles. The number of hydrogen-bond acceptors (Lipinski definition) is 4. The Kier molecular flexibility index (Phi) is 4.45. The minimum atomic E-state index is 0.730. The summed E-state index contributed by atoms with van der Waals surface area (Å²) in [6, 6.07) is 14.1. The van der Waals surface area contributed by atoms with Gasteiger partial charge in [-0.3, -0.25) is 4.90 Å². The third-order valence-corrected chi connectivity index (χ3v) is 5.80. The topological polar surface area (TPSA) is 53.0 Å². The third kappa shape index (κ3) is 3.23. The molecule has 0 bridgehead atoms. The van der Waals surface area contributed by atoms with Crippen molar-refractivity contribution in [2.45, 2.75) is 13.0 Å². The molecule has 0 amide bonds. The van der Waals surface area contributed by atoms with E-state index in [1.165, 1.54) is 0 Å². The number of aryl methyl sites for hydroxylation is 1. The second-order valence-electron chi connectivity index (χ2n) is 7.41. The van der Waals surface area contributed by atoms with Crippen LogP contribution in [0, 0.1) is 0 Å². The van der Waals surface area contributed by atoms with Crippen LogP contribution in [0.15, 0.2) is 42.5 Å². The van der Waals surface area contributed by atoms with E-state index < -0.39 is 0 Å². The lowest BCUT2D eigenvalue weighted by atomic mass is 10.3. The number of benzene rings is 2. The van der Waals surface area contributed by atoms with Crippen LogP contribution in [0.1, 0.15) is 12.2 Å². The molecule has 0 radical (unpaired) electrons. The van der Waals surface area contributed by atoms with Crippen LogP contribution in [0.4, 0.5) is 5.95 Å². The quantitative estimate of drug-likeness (QED) is 0.574. The molecule has 0 saturated carbocycles. The smallest absolute Gasteiger partial charge is 0.203 e. The van der Waals surface area contributed by atoms with Crippen LogP contribution in [0.5, 0.6) is 0 Å². The van der Waals surface area contributed by atoms with Crippen molar-refractivity contribution in [1.29, 1.82) is 0 Å². The molecule has 4 aromatic rings. The van der Waals surface area contributed by atoms with Crippen molar-refractivity contribution in [3.63, 3.8) is 0 Å². The maximum atomic E-state index is 6.12. The largest absolute Gasteiger partial charge is 0.341 e. The zero-order valence-corrected chi connectivity index (χ0v) is 16.7. The van der Waals surface area contributed by atoms with Crippen molar-refractivity contribution >= 4 is 39.6 Å². The summed E-state index contributed by atoms with van der Waals surface area (Å²) >= 11 is 6.12. The van der Waals surface area contributed by atoms with Gasteiger partial charge in [-0.1, -0.05) is 23.7 Å². The molecule has 6 nitrogen and oxygen atoms in total. The highest BCUT2D eigenvalue weighted by Crippen LogP contribution is 2.22. The molecule has 0 unspecified atom stereocenters. The van der Waals surface area contributed by atoms with Gasteiger partial charge in [-0.15, -0.1) is 0 Å². The first-order valence-electron chi connectivity index (χ1n) is 9.70. The molecular formula is C21H23ClN6. The number of aromatic nitrogens is 4. The van der Waals surface area contributed by atoms with Gasteiger partial charge < -0.3 is 14.5 Å². The summed E-state index contributed by atoms with van der Waals surface area (Å²) in [5.41, 5.74) is 4.20. The van der Waals surface area contributed by atoms with Gasteiger partial charge in [-0.2, -0.15) is 0 Å². The number of nitrogens with one attached hydrogen (secondary N) is 1. The molecule has 144 valence electrons. The second-order valence-corrected chi connectivity index (χ2v) is 7.85. The number of H-pyrrole nitrogens is 1. The van der Waals surface area contributed by atoms with Gasteiger partial charge in [-0.05, 0) is 36.8 Å². The number of para-hydroxylation sites is 2. The monoisotopic (exact) mass is 394 g/mol. The minimum absolute atomic E-state index is 0.730. The molecule has 1 aliphatic rings. The van der Waals surface area contributed by atoms with Crippen LogP contribution < -0.4 is 4.90 Å². The maximum Gasteiger partial charge on any atom is 0.203 e. The molecule has 5 rings (SSSR count). The fourth-order valence-corrected chi connectivity index (χ4v) is 4.16. The molecule has 7 heteroatoms. The third-order valence-electron chi connectivity index (χ3n) is 5.57. The van der Waals surface area contributed by atoms with Gasteiger partial charge in [0.05, 0.1) is 28.6 Å². The Labute approximate surface area is 168 Å². The Morgan fingerprint density at radius 1 is 1.00 bits per heavy atom. The van der Waals surface area contributed by atoms with Crippen LogP contribution in [0.25, 0.3) is 22.1 Å². The maximum absolute atomic E-state index is 6.12. The predicted octanol–water partition coefficient (Wildman–Crippen LogP) is 3.82. The summed E-state index contributed by atoms with van der Waals surface area (Å²) in [5.74, 6) is 2.05. The zero-order chi connectivity index (χ0) is 19.1. The number of anilines is 1. The van der Waals surface area contributed by atoms with Gasteiger partial charge in [0.1, 0.15) is 5.82 Å². The molecule has 3 heterocycles. The molecule has 1 saturated heterocycles. The SMILES string of the molecule is Cn1c(CN2CCCN(c3nc4ccccc4[nH]3)CC2)nc2cc(Cl)ccc21. The van der Waals surface area contributed by atoms with E-state index in [9.17, 15) is 0 Å². The van der Waals surface area contributed by atoms with Crippen molar-refractivity contribution in [3.05, 3.63) is 53.3 Å². The summed E-state index contributed by atoms with van der Waals surface area (Å²) in [5, 5.41) is 0.730. The summed E-state index contributed by atoms with van der Waals surface area (Å²) in [6.45, 7) is 4.85. The van der Waals surface area contributed by atoms with Crippen molar-refractivity contribution in [2.75, 3.05) is 31.1 Å². The van der Waals surface area contributed by atoms with E-state index in [1.54, 1.807) is 0 Å². The Bertz CT molecular complexity index is 1100. The van der Waals surface area contributed by atoms with Gasteiger partial charge in [0, 0.05) is 38.2 Å². The Hall–Kier alpha value is -2.57. The van der Waals surface area contributed by atoms with Crippen LogP contribution in [-0.4, -0.2) is 50.6 Å². The highest BCUT2D eigenvalue weighted by atomic mass is 35.5. The molecule has 1 N–H and O–H groups in total. The lowest BCUT2D eigenvalue weighted by Crippen LogP contribution is -2.31. The highest BCUT2D eigenvalue weighted by Gasteiger charge is 2.19.